The molecule has 1 aliphatic heterocycles. The minimum Gasteiger partial charge on any atom is -0.335 e. The van der Waals surface area contributed by atoms with Gasteiger partial charge in [-0.1, -0.05) is 43.2 Å². The average Bonchev–Trinajstić information content (AvgIpc) is 3.41. The molecule has 0 N–H and O–H groups in total. The van der Waals surface area contributed by atoms with Crippen LogP contribution in [0.4, 0.5) is 0 Å². The number of fused-ring (bicyclic) bond motifs is 3. The Hall–Kier alpha value is -2.42. The third kappa shape index (κ3) is 2.33. The monoisotopic (exact) mass is 345 g/mol. The van der Waals surface area contributed by atoms with E-state index in [1.807, 2.05) is 42.5 Å². The Kier molecular flexibility index (Phi) is 3.70. The van der Waals surface area contributed by atoms with Crippen LogP contribution in [0.1, 0.15) is 64.8 Å². The molecule has 1 unspecified atom stereocenters. The molecule has 2 aromatic rings. The van der Waals surface area contributed by atoms with E-state index in [0.29, 0.717) is 23.1 Å². The van der Waals surface area contributed by atoms with E-state index in [0.717, 1.165) is 36.1 Å². The fraction of sp³-hybridized carbons (Fsp3) is 0.391. The molecule has 0 aromatic heterocycles. The Bertz CT molecular complexity index is 895. The van der Waals surface area contributed by atoms with Gasteiger partial charge in [0.1, 0.15) is 0 Å². The lowest BCUT2D eigenvalue weighted by molar-refractivity contribution is 0.0689. The summed E-state index contributed by atoms with van der Waals surface area (Å²) in [6, 6.07) is 13.8. The van der Waals surface area contributed by atoms with Crippen molar-refractivity contribution in [2.45, 2.75) is 44.6 Å². The van der Waals surface area contributed by atoms with Gasteiger partial charge in [0.15, 0.2) is 5.78 Å². The van der Waals surface area contributed by atoms with Gasteiger partial charge in [-0.3, -0.25) is 9.59 Å². The number of nitrogens with zero attached hydrogens (tertiary/aromatic N) is 1. The highest BCUT2D eigenvalue weighted by atomic mass is 16.2. The summed E-state index contributed by atoms with van der Waals surface area (Å²) in [5.74, 6) is 0.812. The van der Waals surface area contributed by atoms with Crippen molar-refractivity contribution >= 4 is 11.7 Å². The average molecular weight is 345 g/mol. The molecule has 2 aliphatic carbocycles. The van der Waals surface area contributed by atoms with Crippen molar-refractivity contribution in [3.63, 3.8) is 0 Å². The number of hydrogen-bond donors (Lipinski definition) is 0. The molecule has 0 radical (unpaired) electrons. The fourth-order valence-electron chi connectivity index (χ4n) is 5.20. The molecule has 132 valence electrons. The second-order valence-electron chi connectivity index (χ2n) is 7.89. The van der Waals surface area contributed by atoms with Crippen LogP contribution in [0.3, 0.4) is 0 Å². The zero-order chi connectivity index (χ0) is 17.7. The third-order valence-electron chi connectivity index (χ3n) is 6.48. The van der Waals surface area contributed by atoms with Crippen LogP contribution in [0.2, 0.25) is 0 Å². The lowest BCUT2D eigenvalue weighted by Crippen LogP contribution is -2.39. The highest BCUT2D eigenvalue weighted by Gasteiger charge is 2.37. The predicted molar refractivity (Wildman–Crippen MR) is 101 cm³/mol. The Morgan fingerprint density at radius 2 is 1.58 bits per heavy atom. The first kappa shape index (κ1) is 15.8. The van der Waals surface area contributed by atoms with Crippen molar-refractivity contribution in [3.8, 4) is 11.1 Å². The van der Waals surface area contributed by atoms with E-state index in [1.54, 1.807) is 0 Å². The van der Waals surface area contributed by atoms with Gasteiger partial charge in [-0.15, -0.1) is 0 Å². The Morgan fingerprint density at radius 1 is 0.846 bits per heavy atom. The van der Waals surface area contributed by atoms with Crippen LogP contribution in [0.5, 0.6) is 0 Å². The van der Waals surface area contributed by atoms with Gasteiger partial charge in [-0.25, -0.2) is 0 Å². The lowest BCUT2D eigenvalue weighted by atomic mass is 9.95. The number of carbonyl (C=O) groups is 2. The number of amides is 1. The number of likely N-dealkylation sites (tertiary alicyclic amines) is 1. The zero-order valence-electron chi connectivity index (χ0n) is 14.9. The molecule has 5 rings (SSSR count). The van der Waals surface area contributed by atoms with Gasteiger partial charge in [0.25, 0.3) is 5.91 Å². The first-order chi connectivity index (χ1) is 12.7. The van der Waals surface area contributed by atoms with Gasteiger partial charge in [-0.2, -0.15) is 0 Å². The molecule has 26 heavy (non-hydrogen) atoms. The summed E-state index contributed by atoms with van der Waals surface area (Å²) in [7, 11) is 0. The van der Waals surface area contributed by atoms with Crippen molar-refractivity contribution in [1.29, 1.82) is 0 Å². The summed E-state index contributed by atoms with van der Waals surface area (Å²) < 4.78 is 0. The molecule has 1 heterocycles. The smallest absolute Gasteiger partial charge is 0.254 e. The molecule has 2 aromatic carbocycles. The van der Waals surface area contributed by atoms with Crippen molar-refractivity contribution in [2.75, 3.05) is 6.54 Å². The van der Waals surface area contributed by atoms with E-state index in [-0.39, 0.29) is 11.7 Å². The molecule has 1 saturated heterocycles. The van der Waals surface area contributed by atoms with Crippen LogP contribution in [0.25, 0.3) is 11.1 Å². The van der Waals surface area contributed by atoms with E-state index in [1.165, 1.54) is 25.7 Å². The molecule has 1 atom stereocenters. The number of ketones is 1. The van der Waals surface area contributed by atoms with E-state index < -0.39 is 0 Å². The van der Waals surface area contributed by atoms with Gasteiger partial charge in [0, 0.05) is 29.3 Å². The van der Waals surface area contributed by atoms with Crippen LogP contribution in [-0.4, -0.2) is 29.2 Å². The Morgan fingerprint density at radius 3 is 2.38 bits per heavy atom. The van der Waals surface area contributed by atoms with Gasteiger partial charge in [-0.05, 0) is 54.9 Å². The molecule has 1 amide bonds. The second kappa shape index (κ2) is 6.08. The van der Waals surface area contributed by atoms with Crippen molar-refractivity contribution in [1.82, 2.24) is 4.90 Å². The summed E-state index contributed by atoms with van der Waals surface area (Å²) >= 11 is 0. The minimum atomic E-state index is 0.0408. The Balaban J connectivity index is 1.46. The maximum atomic E-state index is 13.2. The number of carbonyl (C=O) groups excluding carboxylic acids is 2. The van der Waals surface area contributed by atoms with Gasteiger partial charge >= 0.3 is 0 Å². The summed E-state index contributed by atoms with van der Waals surface area (Å²) in [5, 5.41) is 0. The number of benzene rings is 2. The van der Waals surface area contributed by atoms with E-state index in [4.69, 9.17) is 0 Å². The normalized spacial score (nSPS) is 21.9. The summed E-state index contributed by atoms with van der Waals surface area (Å²) in [6.45, 7) is 0.852. The largest absolute Gasteiger partial charge is 0.335 e. The quantitative estimate of drug-likeness (QED) is 0.675. The van der Waals surface area contributed by atoms with Gasteiger partial charge in [0.05, 0.1) is 0 Å². The van der Waals surface area contributed by atoms with Gasteiger partial charge < -0.3 is 4.90 Å². The maximum Gasteiger partial charge on any atom is 0.254 e. The molecular weight excluding hydrogens is 322 g/mol. The first-order valence-electron chi connectivity index (χ1n) is 9.83. The molecule has 3 heteroatoms. The molecule has 0 spiro atoms. The Labute approximate surface area is 154 Å². The maximum absolute atomic E-state index is 13.2. The summed E-state index contributed by atoms with van der Waals surface area (Å²) in [4.78, 5) is 28.0. The van der Waals surface area contributed by atoms with Crippen LogP contribution >= 0.6 is 0 Å². The summed E-state index contributed by atoms with van der Waals surface area (Å²) in [5.41, 5.74) is 4.02. The number of hydrogen-bond acceptors (Lipinski definition) is 2. The van der Waals surface area contributed by atoms with E-state index in [9.17, 15) is 9.59 Å². The molecule has 0 bridgehead atoms. The van der Waals surface area contributed by atoms with Crippen LogP contribution in [0, 0.1) is 5.92 Å². The standard InChI is InChI=1S/C23H23NO2/c25-22-19-9-4-3-8-17(19)18-12-11-16(14-20(18)22)23(26)24-13-5-10-21(24)15-6-1-2-7-15/h3-4,8-9,11-12,14-15,21H,1-2,5-7,10,13H2. The zero-order valence-corrected chi connectivity index (χ0v) is 14.9. The predicted octanol–water partition coefficient (Wildman–Crippen LogP) is 4.69. The third-order valence-corrected chi connectivity index (χ3v) is 6.48. The van der Waals surface area contributed by atoms with Gasteiger partial charge in [0.2, 0.25) is 0 Å². The first-order valence-corrected chi connectivity index (χ1v) is 9.83. The molecular formula is C23H23NO2. The highest BCUT2D eigenvalue weighted by molar-refractivity contribution is 6.22. The van der Waals surface area contributed by atoms with E-state index >= 15 is 0 Å². The second-order valence-corrected chi connectivity index (χ2v) is 7.89. The van der Waals surface area contributed by atoms with Crippen LogP contribution in [-0.2, 0) is 0 Å². The molecule has 3 aliphatic rings. The lowest BCUT2D eigenvalue weighted by Gasteiger charge is -2.29. The van der Waals surface area contributed by atoms with Crippen LogP contribution < -0.4 is 0 Å². The molecule has 3 nitrogen and oxygen atoms in total. The minimum absolute atomic E-state index is 0.0408. The SMILES string of the molecule is O=C1c2ccccc2-c2ccc(C(=O)N3CCCC3C3CCCC3)cc21. The molecule has 1 saturated carbocycles. The highest BCUT2D eigenvalue weighted by Crippen LogP contribution is 2.38. The van der Waals surface area contributed by atoms with Crippen LogP contribution in [0.15, 0.2) is 42.5 Å². The van der Waals surface area contributed by atoms with Crippen molar-refractivity contribution in [3.05, 3.63) is 59.2 Å². The topological polar surface area (TPSA) is 37.4 Å². The summed E-state index contributed by atoms with van der Waals surface area (Å²) in [6.07, 6.45) is 7.34. The van der Waals surface area contributed by atoms with E-state index in [2.05, 4.69) is 4.90 Å². The van der Waals surface area contributed by atoms with Crippen molar-refractivity contribution < 1.29 is 9.59 Å². The number of rotatable bonds is 2. The fourth-order valence-corrected chi connectivity index (χ4v) is 5.20. The molecule has 2 fully saturated rings. The van der Waals surface area contributed by atoms with Crippen molar-refractivity contribution in [2.24, 2.45) is 5.92 Å².